The number of hydrogen-bond acceptors (Lipinski definition) is 5. The summed E-state index contributed by atoms with van der Waals surface area (Å²) in [6.07, 6.45) is 0. The highest BCUT2D eigenvalue weighted by molar-refractivity contribution is 5.58. The molecule has 0 aliphatic carbocycles. The molecule has 2 heterocycles. The van der Waals surface area contributed by atoms with Crippen LogP contribution in [0.1, 0.15) is 5.69 Å². The fourth-order valence-corrected chi connectivity index (χ4v) is 1.66. The Labute approximate surface area is 93.4 Å². The minimum absolute atomic E-state index is 0.0694. The summed E-state index contributed by atoms with van der Waals surface area (Å²) in [5.74, 6) is 0.455. The molecule has 1 aromatic rings. The van der Waals surface area contributed by atoms with Crippen LogP contribution in [0.3, 0.4) is 0 Å². The van der Waals surface area contributed by atoms with E-state index in [0.29, 0.717) is 11.9 Å². The highest BCUT2D eigenvalue weighted by atomic mass is 16.6. The van der Waals surface area contributed by atoms with E-state index in [2.05, 4.69) is 10.3 Å². The van der Waals surface area contributed by atoms with E-state index in [9.17, 15) is 10.1 Å². The van der Waals surface area contributed by atoms with Crippen LogP contribution in [0.5, 0.6) is 0 Å². The average molecular weight is 222 g/mol. The van der Waals surface area contributed by atoms with Crippen molar-refractivity contribution in [2.24, 2.45) is 0 Å². The normalized spacial score (nSPS) is 15.6. The smallest absolute Gasteiger partial charge is 0.311 e. The molecule has 0 bridgehead atoms. The van der Waals surface area contributed by atoms with Gasteiger partial charge in [-0.1, -0.05) is 0 Å². The molecule has 6 heteroatoms. The number of nitrogens with one attached hydrogen (secondary N) is 1. The summed E-state index contributed by atoms with van der Waals surface area (Å²) in [5.41, 5.74) is 0.861. The second-order valence-electron chi connectivity index (χ2n) is 3.98. The summed E-state index contributed by atoms with van der Waals surface area (Å²) in [5, 5.41) is 14.0. The van der Waals surface area contributed by atoms with Gasteiger partial charge in [-0.05, 0) is 13.0 Å². The van der Waals surface area contributed by atoms with Crippen LogP contribution in [0.2, 0.25) is 0 Å². The lowest BCUT2D eigenvalue weighted by molar-refractivity contribution is -0.384. The van der Waals surface area contributed by atoms with Crippen LogP contribution in [0.15, 0.2) is 12.1 Å². The molecule has 0 amide bonds. The number of anilines is 1. The van der Waals surface area contributed by atoms with Crippen molar-refractivity contribution in [1.82, 2.24) is 10.3 Å². The second kappa shape index (κ2) is 4.05. The topological polar surface area (TPSA) is 71.3 Å². The molecule has 0 radical (unpaired) electrons. The van der Waals surface area contributed by atoms with E-state index in [1.54, 1.807) is 6.07 Å². The van der Waals surface area contributed by atoms with Crippen LogP contribution >= 0.6 is 0 Å². The Morgan fingerprint density at radius 1 is 1.56 bits per heavy atom. The summed E-state index contributed by atoms with van der Waals surface area (Å²) in [6.45, 7) is 3.53. The zero-order valence-electron chi connectivity index (χ0n) is 9.30. The predicted molar refractivity (Wildman–Crippen MR) is 60.7 cm³/mol. The Bertz CT molecular complexity index is 417. The number of aryl methyl sites for hydroxylation is 1. The summed E-state index contributed by atoms with van der Waals surface area (Å²) >= 11 is 0. The van der Waals surface area contributed by atoms with Gasteiger partial charge in [0, 0.05) is 31.9 Å². The van der Waals surface area contributed by atoms with Gasteiger partial charge in [-0.3, -0.25) is 10.1 Å². The number of rotatable bonds is 3. The molecule has 1 fully saturated rings. The molecule has 1 N–H and O–H groups in total. The van der Waals surface area contributed by atoms with Gasteiger partial charge in [0.1, 0.15) is 0 Å². The minimum atomic E-state index is -0.385. The first-order valence-electron chi connectivity index (χ1n) is 5.15. The Morgan fingerprint density at radius 2 is 2.25 bits per heavy atom. The van der Waals surface area contributed by atoms with E-state index in [1.165, 1.54) is 6.07 Å². The Morgan fingerprint density at radius 3 is 2.75 bits per heavy atom. The Kier molecular flexibility index (Phi) is 2.74. The molecule has 16 heavy (non-hydrogen) atoms. The minimum Gasteiger partial charge on any atom is -0.348 e. The summed E-state index contributed by atoms with van der Waals surface area (Å²) in [4.78, 5) is 16.6. The van der Waals surface area contributed by atoms with Gasteiger partial charge in [0.15, 0.2) is 0 Å². The van der Waals surface area contributed by atoms with Gasteiger partial charge in [-0.25, -0.2) is 4.98 Å². The lowest BCUT2D eigenvalue weighted by Gasteiger charge is -2.36. The first-order valence-corrected chi connectivity index (χ1v) is 5.15. The van der Waals surface area contributed by atoms with Crippen LogP contribution in [-0.2, 0) is 0 Å². The Balaban J connectivity index is 2.36. The van der Waals surface area contributed by atoms with Crippen LogP contribution < -0.4 is 10.2 Å². The van der Waals surface area contributed by atoms with Gasteiger partial charge in [0.05, 0.1) is 11.0 Å². The van der Waals surface area contributed by atoms with Crippen LogP contribution in [0, 0.1) is 17.0 Å². The molecule has 1 aliphatic rings. The molecular weight excluding hydrogens is 208 g/mol. The first kappa shape index (κ1) is 10.8. The maximum atomic E-state index is 10.9. The average Bonchev–Trinajstić information content (AvgIpc) is 2.14. The third kappa shape index (κ3) is 1.83. The molecule has 0 atom stereocenters. The standard InChI is InChI=1S/C10H14N4O2/c1-7-3-4-9(14(15)16)10(12-7)13(2)8-5-11-6-8/h3-4,8,11H,5-6H2,1-2H3. The largest absolute Gasteiger partial charge is 0.348 e. The zero-order chi connectivity index (χ0) is 11.7. The third-order valence-corrected chi connectivity index (χ3v) is 2.83. The highest BCUT2D eigenvalue weighted by Gasteiger charge is 2.27. The summed E-state index contributed by atoms with van der Waals surface area (Å²) < 4.78 is 0. The van der Waals surface area contributed by atoms with E-state index in [0.717, 1.165) is 18.8 Å². The molecule has 0 spiro atoms. The maximum absolute atomic E-state index is 10.9. The molecular formula is C10H14N4O2. The van der Waals surface area contributed by atoms with E-state index >= 15 is 0 Å². The van der Waals surface area contributed by atoms with E-state index in [1.807, 2.05) is 18.9 Å². The molecule has 1 aliphatic heterocycles. The molecule has 0 unspecified atom stereocenters. The maximum Gasteiger partial charge on any atom is 0.311 e. The second-order valence-corrected chi connectivity index (χ2v) is 3.98. The van der Waals surface area contributed by atoms with E-state index < -0.39 is 0 Å². The van der Waals surface area contributed by atoms with Gasteiger partial charge < -0.3 is 10.2 Å². The number of aromatic nitrogens is 1. The van der Waals surface area contributed by atoms with E-state index in [4.69, 9.17) is 0 Å². The molecule has 2 rings (SSSR count). The van der Waals surface area contributed by atoms with E-state index in [-0.39, 0.29) is 10.6 Å². The van der Waals surface area contributed by atoms with Crippen molar-refractivity contribution in [1.29, 1.82) is 0 Å². The van der Waals surface area contributed by atoms with Gasteiger partial charge in [0.25, 0.3) is 0 Å². The predicted octanol–water partition coefficient (Wildman–Crippen LogP) is 0.706. The number of likely N-dealkylation sites (N-methyl/N-ethyl adjacent to an activating group) is 1. The SMILES string of the molecule is Cc1ccc([N+](=O)[O-])c(N(C)C2CNC2)n1. The van der Waals surface area contributed by atoms with Crippen molar-refractivity contribution in [3.8, 4) is 0 Å². The monoisotopic (exact) mass is 222 g/mol. The lowest BCUT2D eigenvalue weighted by Crippen LogP contribution is -2.56. The van der Waals surface area contributed by atoms with Crippen LogP contribution in [0.4, 0.5) is 11.5 Å². The highest BCUT2D eigenvalue weighted by Crippen LogP contribution is 2.27. The molecule has 0 saturated carbocycles. The molecule has 0 aromatic carbocycles. The molecule has 1 saturated heterocycles. The van der Waals surface area contributed by atoms with Crippen molar-refractivity contribution in [3.05, 3.63) is 27.9 Å². The fourth-order valence-electron chi connectivity index (χ4n) is 1.66. The summed E-state index contributed by atoms with van der Waals surface area (Å²) in [6, 6.07) is 3.47. The van der Waals surface area contributed by atoms with Crippen molar-refractivity contribution in [3.63, 3.8) is 0 Å². The number of nitrogens with zero attached hydrogens (tertiary/aromatic N) is 3. The molecule has 6 nitrogen and oxygen atoms in total. The quantitative estimate of drug-likeness (QED) is 0.602. The van der Waals surface area contributed by atoms with Crippen molar-refractivity contribution in [2.45, 2.75) is 13.0 Å². The van der Waals surface area contributed by atoms with Crippen molar-refractivity contribution >= 4 is 11.5 Å². The third-order valence-electron chi connectivity index (χ3n) is 2.83. The van der Waals surface area contributed by atoms with Gasteiger partial charge >= 0.3 is 5.69 Å². The molecule has 86 valence electrons. The van der Waals surface area contributed by atoms with Gasteiger partial charge in [-0.2, -0.15) is 0 Å². The number of hydrogen-bond donors (Lipinski definition) is 1. The number of nitro groups is 1. The van der Waals surface area contributed by atoms with Crippen LogP contribution in [0.25, 0.3) is 0 Å². The van der Waals surface area contributed by atoms with Gasteiger partial charge in [0.2, 0.25) is 5.82 Å². The lowest BCUT2D eigenvalue weighted by atomic mass is 10.1. The molecule has 1 aromatic heterocycles. The van der Waals surface area contributed by atoms with Crippen LogP contribution in [-0.4, -0.2) is 36.1 Å². The fraction of sp³-hybridized carbons (Fsp3) is 0.500. The van der Waals surface area contributed by atoms with Crippen molar-refractivity contribution in [2.75, 3.05) is 25.0 Å². The number of pyridine rings is 1. The van der Waals surface area contributed by atoms with Gasteiger partial charge in [-0.15, -0.1) is 0 Å². The zero-order valence-corrected chi connectivity index (χ0v) is 9.30. The summed E-state index contributed by atoms with van der Waals surface area (Å²) in [7, 11) is 1.85. The first-order chi connectivity index (χ1) is 7.59. The Hall–Kier alpha value is -1.69. The van der Waals surface area contributed by atoms with Crippen molar-refractivity contribution < 1.29 is 4.92 Å².